The quantitative estimate of drug-likeness (QED) is 0.204. The molecule has 0 atom stereocenters. The van der Waals surface area contributed by atoms with Gasteiger partial charge in [-0.1, -0.05) is 103 Å². The van der Waals surface area contributed by atoms with Gasteiger partial charge in [0.2, 0.25) is 0 Å². The van der Waals surface area contributed by atoms with Gasteiger partial charge in [0.15, 0.2) is 17.5 Å². The lowest BCUT2D eigenvalue weighted by Crippen LogP contribution is -2.01. The molecule has 0 aliphatic heterocycles. The van der Waals surface area contributed by atoms with Crippen LogP contribution in [0.15, 0.2) is 140 Å². The van der Waals surface area contributed by atoms with Gasteiger partial charge in [-0.05, 0) is 48.9 Å². The van der Waals surface area contributed by atoms with E-state index in [-0.39, 0.29) is 0 Å². The van der Waals surface area contributed by atoms with Crippen molar-refractivity contribution in [3.8, 4) is 39.9 Å². The van der Waals surface area contributed by atoms with Crippen LogP contribution in [0.1, 0.15) is 5.56 Å². The van der Waals surface area contributed by atoms with Crippen molar-refractivity contribution in [3.05, 3.63) is 145 Å². The fourth-order valence-electron chi connectivity index (χ4n) is 6.62. The molecule has 0 saturated carbocycles. The minimum Gasteiger partial charge on any atom is -0.309 e. The Kier molecular flexibility index (Phi) is 5.86. The van der Waals surface area contributed by atoms with E-state index in [1.54, 1.807) is 0 Å². The van der Waals surface area contributed by atoms with E-state index in [0.29, 0.717) is 17.5 Å². The standard InChI is InChI=1S/C40H26N4S/c1-25-13-10-23-33-35(25)37-30(20-12-24-34(37)45-33)40-42-38(26-14-4-2-5-15-26)41-39(43-40)29-19-11-22-32-36(29)28-18-8-9-21-31(28)44(32)27-16-6-3-7-17-27/h2-24H,1H3. The van der Waals surface area contributed by atoms with E-state index in [9.17, 15) is 0 Å². The van der Waals surface area contributed by atoms with E-state index in [1.807, 2.05) is 29.5 Å². The van der Waals surface area contributed by atoms with Crippen LogP contribution in [0.4, 0.5) is 0 Å². The molecule has 0 radical (unpaired) electrons. The van der Waals surface area contributed by atoms with Gasteiger partial charge < -0.3 is 4.57 Å². The topological polar surface area (TPSA) is 43.6 Å². The van der Waals surface area contributed by atoms with Crippen LogP contribution in [-0.4, -0.2) is 19.5 Å². The molecule has 0 aliphatic rings. The monoisotopic (exact) mass is 594 g/mol. The van der Waals surface area contributed by atoms with Crippen LogP contribution in [-0.2, 0) is 0 Å². The molecule has 9 rings (SSSR count). The molecule has 3 aromatic heterocycles. The summed E-state index contributed by atoms with van der Waals surface area (Å²) >= 11 is 1.82. The zero-order valence-electron chi connectivity index (χ0n) is 24.5. The van der Waals surface area contributed by atoms with Crippen molar-refractivity contribution in [1.82, 2.24) is 19.5 Å². The third-order valence-corrected chi connectivity index (χ3v) is 9.71. The minimum atomic E-state index is 0.660. The molecule has 9 aromatic rings. The van der Waals surface area contributed by atoms with Crippen LogP contribution in [0.3, 0.4) is 0 Å². The molecule has 0 amide bonds. The number of aromatic nitrogens is 4. The van der Waals surface area contributed by atoms with E-state index in [2.05, 4.69) is 133 Å². The van der Waals surface area contributed by atoms with Crippen LogP contribution in [0, 0.1) is 6.92 Å². The highest BCUT2D eigenvalue weighted by Gasteiger charge is 2.21. The predicted molar refractivity (Wildman–Crippen MR) is 188 cm³/mol. The Balaban J connectivity index is 1.37. The lowest BCUT2D eigenvalue weighted by Gasteiger charge is -2.11. The first kappa shape index (κ1) is 25.8. The van der Waals surface area contributed by atoms with Gasteiger partial charge in [-0.25, -0.2) is 15.0 Å². The van der Waals surface area contributed by atoms with Crippen molar-refractivity contribution in [2.24, 2.45) is 0 Å². The summed E-state index contributed by atoms with van der Waals surface area (Å²) in [7, 11) is 0. The van der Waals surface area contributed by atoms with Gasteiger partial charge in [-0.2, -0.15) is 0 Å². The molecular formula is C40H26N4S. The molecule has 4 nitrogen and oxygen atoms in total. The van der Waals surface area contributed by atoms with Crippen molar-refractivity contribution >= 4 is 53.3 Å². The highest BCUT2D eigenvalue weighted by Crippen LogP contribution is 2.42. The zero-order chi connectivity index (χ0) is 29.9. The van der Waals surface area contributed by atoms with E-state index in [0.717, 1.165) is 44.2 Å². The molecule has 0 bridgehead atoms. The summed E-state index contributed by atoms with van der Waals surface area (Å²) in [6.45, 7) is 2.18. The Morgan fingerprint density at radius 1 is 0.467 bits per heavy atom. The van der Waals surface area contributed by atoms with Crippen LogP contribution in [0.2, 0.25) is 0 Å². The molecule has 0 aliphatic carbocycles. The summed E-state index contributed by atoms with van der Waals surface area (Å²) in [6.07, 6.45) is 0. The number of hydrogen-bond donors (Lipinski definition) is 0. The van der Waals surface area contributed by atoms with Gasteiger partial charge >= 0.3 is 0 Å². The average molecular weight is 595 g/mol. The minimum absolute atomic E-state index is 0.660. The number of aryl methyl sites for hydroxylation is 1. The molecule has 0 N–H and O–H groups in total. The molecule has 0 fully saturated rings. The van der Waals surface area contributed by atoms with Crippen molar-refractivity contribution in [3.63, 3.8) is 0 Å². The first-order valence-corrected chi connectivity index (χ1v) is 15.9. The molecule has 0 unspecified atom stereocenters. The van der Waals surface area contributed by atoms with Crippen LogP contribution in [0.25, 0.3) is 81.8 Å². The molecule has 5 heteroatoms. The Morgan fingerprint density at radius 3 is 1.82 bits per heavy atom. The lowest BCUT2D eigenvalue weighted by molar-refractivity contribution is 1.08. The van der Waals surface area contributed by atoms with Crippen molar-refractivity contribution in [2.75, 3.05) is 0 Å². The maximum Gasteiger partial charge on any atom is 0.164 e. The zero-order valence-corrected chi connectivity index (χ0v) is 25.3. The number of fused-ring (bicyclic) bond motifs is 6. The fourth-order valence-corrected chi connectivity index (χ4v) is 7.83. The summed E-state index contributed by atoms with van der Waals surface area (Å²) in [4.78, 5) is 15.6. The smallest absolute Gasteiger partial charge is 0.164 e. The van der Waals surface area contributed by atoms with E-state index in [1.165, 1.54) is 25.7 Å². The maximum atomic E-state index is 5.28. The Labute approximate surface area is 263 Å². The van der Waals surface area contributed by atoms with Gasteiger partial charge in [-0.15, -0.1) is 11.3 Å². The highest BCUT2D eigenvalue weighted by atomic mass is 32.1. The molecule has 3 heterocycles. The SMILES string of the molecule is Cc1cccc2sc3cccc(-c4nc(-c5ccccc5)nc(-c5cccc6c5c5ccccc5n6-c5ccccc5)n4)c3c12. The van der Waals surface area contributed by atoms with Crippen molar-refractivity contribution < 1.29 is 0 Å². The van der Waals surface area contributed by atoms with Gasteiger partial charge in [0.25, 0.3) is 0 Å². The molecule has 45 heavy (non-hydrogen) atoms. The Hall–Kier alpha value is -5.65. The number of nitrogens with zero attached hydrogens (tertiary/aromatic N) is 4. The summed E-state index contributed by atoms with van der Waals surface area (Å²) in [5.74, 6) is 2.00. The first-order chi connectivity index (χ1) is 22.2. The molecule has 6 aromatic carbocycles. The number of hydrogen-bond acceptors (Lipinski definition) is 4. The summed E-state index contributed by atoms with van der Waals surface area (Å²) in [6, 6.07) is 48.7. The van der Waals surface area contributed by atoms with Gasteiger partial charge in [0.05, 0.1) is 11.0 Å². The Bertz CT molecular complexity index is 2550. The summed E-state index contributed by atoms with van der Waals surface area (Å²) in [5, 5.41) is 4.76. The van der Waals surface area contributed by atoms with Crippen LogP contribution >= 0.6 is 11.3 Å². The van der Waals surface area contributed by atoms with Crippen molar-refractivity contribution in [1.29, 1.82) is 0 Å². The van der Waals surface area contributed by atoms with Crippen LogP contribution < -0.4 is 0 Å². The number of benzene rings is 6. The fraction of sp³-hybridized carbons (Fsp3) is 0.0250. The number of para-hydroxylation sites is 2. The second kappa shape index (κ2) is 10.2. The summed E-state index contributed by atoms with van der Waals surface area (Å²) < 4.78 is 4.83. The average Bonchev–Trinajstić information content (AvgIpc) is 3.66. The van der Waals surface area contributed by atoms with E-state index >= 15 is 0 Å². The van der Waals surface area contributed by atoms with E-state index in [4.69, 9.17) is 15.0 Å². The molecule has 0 saturated heterocycles. The second-order valence-electron chi connectivity index (χ2n) is 11.3. The van der Waals surface area contributed by atoms with Gasteiger partial charge in [-0.3, -0.25) is 0 Å². The third-order valence-electron chi connectivity index (χ3n) is 8.59. The normalized spacial score (nSPS) is 11.7. The first-order valence-electron chi connectivity index (χ1n) is 15.1. The number of thiophene rings is 1. The summed E-state index contributed by atoms with van der Waals surface area (Å²) in [5.41, 5.74) is 7.60. The van der Waals surface area contributed by atoms with Gasteiger partial charge in [0.1, 0.15) is 0 Å². The number of rotatable bonds is 4. The van der Waals surface area contributed by atoms with Crippen molar-refractivity contribution in [2.45, 2.75) is 6.92 Å². The highest BCUT2D eigenvalue weighted by molar-refractivity contribution is 7.26. The van der Waals surface area contributed by atoms with Gasteiger partial charge in [0, 0.05) is 53.3 Å². The second-order valence-corrected chi connectivity index (χ2v) is 12.4. The molecular weight excluding hydrogens is 569 g/mol. The Morgan fingerprint density at radius 2 is 1.04 bits per heavy atom. The largest absolute Gasteiger partial charge is 0.309 e. The predicted octanol–water partition coefficient (Wildman–Crippen LogP) is 10.6. The van der Waals surface area contributed by atoms with Crippen LogP contribution in [0.5, 0.6) is 0 Å². The third kappa shape index (κ3) is 4.09. The maximum absolute atomic E-state index is 5.28. The van der Waals surface area contributed by atoms with E-state index < -0.39 is 0 Å². The lowest BCUT2D eigenvalue weighted by atomic mass is 10.0. The molecule has 0 spiro atoms. The molecule has 212 valence electrons.